The third kappa shape index (κ3) is 3.96. The van der Waals surface area contributed by atoms with Gasteiger partial charge < -0.3 is 10.5 Å². The van der Waals surface area contributed by atoms with Crippen LogP contribution in [0.3, 0.4) is 0 Å². The van der Waals surface area contributed by atoms with Gasteiger partial charge in [0.15, 0.2) is 5.90 Å². The molecular formula is C12H13FN2O. The van der Waals surface area contributed by atoms with Crippen LogP contribution in [-0.2, 0) is 0 Å². The van der Waals surface area contributed by atoms with Crippen molar-refractivity contribution in [2.24, 2.45) is 10.7 Å². The van der Waals surface area contributed by atoms with E-state index < -0.39 is 0 Å². The number of nitrogens with zero attached hydrogens (tertiary/aromatic N) is 1. The number of rotatable bonds is 3. The highest BCUT2D eigenvalue weighted by molar-refractivity contribution is 5.76. The minimum absolute atomic E-state index is 0.281. The Labute approximate surface area is 93.8 Å². The molecule has 0 bridgehead atoms. The molecule has 0 aliphatic heterocycles. The molecule has 4 heteroatoms. The van der Waals surface area contributed by atoms with Gasteiger partial charge in [0.1, 0.15) is 17.4 Å². The molecule has 0 unspecified atom stereocenters. The number of nitrogens with two attached hydrogens (primary N) is 1. The van der Waals surface area contributed by atoms with Crippen molar-refractivity contribution in [3.05, 3.63) is 54.6 Å². The molecule has 0 fully saturated rings. The van der Waals surface area contributed by atoms with Gasteiger partial charge in [-0.2, -0.15) is 0 Å². The third-order valence-electron chi connectivity index (χ3n) is 1.64. The SMILES string of the molecule is C=C/C=C(N)\N=C(/C)Oc1cccc(F)c1. The van der Waals surface area contributed by atoms with E-state index in [1.807, 2.05) is 0 Å². The van der Waals surface area contributed by atoms with Gasteiger partial charge in [-0.1, -0.05) is 18.7 Å². The number of halogens is 1. The lowest BCUT2D eigenvalue weighted by molar-refractivity contribution is 0.534. The number of hydrogen-bond donors (Lipinski definition) is 1. The number of benzene rings is 1. The van der Waals surface area contributed by atoms with Crippen molar-refractivity contribution in [1.82, 2.24) is 0 Å². The van der Waals surface area contributed by atoms with Crippen molar-refractivity contribution >= 4 is 5.90 Å². The number of allylic oxidation sites excluding steroid dienone is 2. The van der Waals surface area contributed by atoms with Gasteiger partial charge in [-0.15, -0.1) is 0 Å². The molecule has 0 aromatic heterocycles. The summed E-state index contributed by atoms with van der Waals surface area (Å²) in [5.74, 6) is 0.637. The van der Waals surface area contributed by atoms with Gasteiger partial charge in [-0.3, -0.25) is 0 Å². The second-order valence-electron chi connectivity index (χ2n) is 3.02. The van der Waals surface area contributed by atoms with E-state index in [4.69, 9.17) is 10.5 Å². The Morgan fingerprint density at radius 3 is 2.94 bits per heavy atom. The quantitative estimate of drug-likeness (QED) is 0.483. The van der Waals surface area contributed by atoms with Crippen LogP contribution in [0.2, 0.25) is 0 Å². The van der Waals surface area contributed by atoms with E-state index in [2.05, 4.69) is 11.6 Å². The molecule has 0 aliphatic rings. The molecule has 0 saturated heterocycles. The fraction of sp³-hybridized carbons (Fsp3) is 0.0833. The molecule has 0 saturated carbocycles. The summed E-state index contributed by atoms with van der Waals surface area (Å²) in [4.78, 5) is 3.93. The van der Waals surface area contributed by atoms with Crippen LogP contribution in [0.4, 0.5) is 4.39 Å². The first-order valence-electron chi connectivity index (χ1n) is 4.68. The molecule has 1 rings (SSSR count). The van der Waals surface area contributed by atoms with Crippen molar-refractivity contribution in [2.45, 2.75) is 6.92 Å². The van der Waals surface area contributed by atoms with Crippen LogP contribution in [0.25, 0.3) is 0 Å². The summed E-state index contributed by atoms with van der Waals surface area (Å²) in [5, 5.41) is 0. The summed E-state index contributed by atoms with van der Waals surface area (Å²) in [6.07, 6.45) is 3.06. The molecule has 1 aromatic carbocycles. The van der Waals surface area contributed by atoms with Crippen molar-refractivity contribution in [3.63, 3.8) is 0 Å². The highest BCUT2D eigenvalue weighted by atomic mass is 19.1. The highest BCUT2D eigenvalue weighted by Gasteiger charge is 1.98. The lowest BCUT2D eigenvalue weighted by Crippen LogP contribution is -2.06. The van der Waals surface area contributed by atoms with Gasteiger partial charge in [0.05, 0.1) is 0 Å². The van der Waals surface area contributed by atoms with Crippen LogP contribution in [0.5, 0.6) is 5.75 Å². The van der Waals surface area contributed by atoms with Crippen LogP contribution in [-0.4, -0.2) is 5.90 Å². The van der Waals surface area contributed by atoms with Gasteiger partial charge in [-0.25, -0.2) is 9.38 Å². The smallest absolute Gasteiger partial charge is 0.193 e. The standard InChI is InChI=1S/C12H13FN2O/c1-3-5-12(14)15-9(2)16-11-7-4-6-10(13)8-11/h3-8H,1,14H2,2H3/b12-5-,15-9+. The average Bonchev–Trinajstić information content (AvgIpc) is 2.17. The molecule has 0 amide bonds. The molecule has 0 atom stereocenters. The average molecular weight is 220 g/mol. The number of ether oxygens (including phenoxy) is 1. The zero-order chi connectivity index (χ0) is 12.0. The van der Waals surface area contributed by atoms with Crippen molar-refractivity contribution in [1.29, 1.82) is 0 Å². The van der Waals surface area contributed by atoms with E-state index in [9.17, 15) is 4.39 Å². The van der Waals surface area contributed by atoms with Crippen LogP contribution in [0, 0.1) is 5.82 Å². The Hall–Kier alpha value is -2.10. The summed E-state index contributed by atoms with van der Waals surface area (Å²) < 4.78 is 18.1. The Morgan fingerprint density at radius 1 is 1.56 bits per heavy atom. The van der Waals surface area contributed by atoms with E-state index in [0.717, 1.165) is 0 Å². The monoisotopic (exact) mass is 220 g/mol. The predicted molar refractivity (Wildman–Crippen MR) is 62.6 cm³/mol. The minimum Gasteiger partial charge on any atom is -0.443 e. The maximum atomic E-state index is 12.8. The van der Waals surface area contributed by atoms with Gasteiger partial charge in [0.2, 0.25) is 0 Å². The Balaban J connectivity index is 2.74. The second kappa shape index (κ2) is 5.70. The Bertz CT molecular complexity index is 438. The predicted octanol–water partition coefficient (Wildman–Crippen LogP) is 2.61. The minimum atomic E-state index is -0.361. The zero-order valence-electron chi connectivity index (χ0n) is 8.98. The first-order chi connectivity index (χ1) is 7.61. The number of aliphatic imine (C=N–C) groups is 1. The summed E-state index contributed by atoms with van der Waals surface area (Å²) in [5.41, 5.74) is 5.52. The van der Waals surface area contributed by atoms with Gasteiger partial charge >= 0.3 is 0 Å². The largest absolute Gasteiger partial charge is 0.443 e. The molecule has 1 aromatic rings. The van der Waals surface area contributed by atoms with E-state index in [0.29, 0.717) is 11.6 Å². The molecular weight excluding hydrogens is 207 g/mol. The van der Waals surface area contributed by atoms with E-state index >= 15 is 0 Å². The van der Waals surface area contributed by atoms with E-state index in [1.54, 1.807) is 25.1 Å². The molecule has 16 heavy (non-hydrogen) atoms. The molecule has 0 aliphatic carbocycles. The molecule has 0 radical (unpaired) electrons. The molecule has 3 nitrogen and oxygen atoms in total. The number of hydrogen-bond acceptors (Lipinski definition) is 3. The summed E-state index contributed by atoms with van der Waals surface area (Å²) in [6.45, 7) is 5.12. The zero-order valence-corrected chi connectivity index (χ0v) is 8.98. The fourth-order valence-corrected chi connectivity index (χ4v) is 1.06. The van der Waals surface area contributed by atoms with Crippen LogP contribution in [0.15, 0.2) is 53.8 Å². The van der Waals surface area contributed by atoms with Gasteiger partial charge in [-0.05, 0) is 18.2 Å². The molecule has 0 spiro atoms. The summed E-state index contributed by atoms with van der Waals surface area (Å²) in [7, 11) is 0. The Kier molecular flexibility index (Phi) is 4.27. The van der Waals surface area contributed by atoms with Crippen molar-refractivity contribution in [3.8, 4) is 5.75 Å². The first kappa shape index (κ1) is 12.0. The van der Waals surface area contributed by atoms with Crippen LogP contribution < -0.4 is 10.5 Å². The summed E-state index contributed by atoms with van der Waals surface area (Å²) >= 11 is 0. The summed E-state index contributed by atoms with van der Waals surface area (Å²) in [6, 6.07) is 5.80. The fourth-order valence-electron chi connectivity index (χ4n) is 1.06. The topological polar surface area (TPSA) is 47.6 Å². The van der Waals surface area contributed by atoms with Gasteiger partial charge in [0.25, 0.3) is 0 Å². The van der Waals surface area contributed by atoms with Crippen molar-refractivity contribution in [2.75, 3.05) is 0 Å². The van der Waals surface area contributed by atoms with E-state index in [-0.39, 0.29) is 11.6 Å². The first-order valence-corrected chi connectivity index (χ1v) is 4.68. The lowest BCUT2D eigenvalue weighted by atomic mass is 10.3. The maximum absolute atomic E-state index is 12.8. The molecule has 2 N–H and O–H groups in total. The van der Waals surface area contributed by atoms with Crippen molar-refractivity contribution < 1.29 is 9.13 Å². The molecule has 0 heterocycles. The highest BCUT2D eigenvalue weighted by Crippen LogP contribution is 2.12. The van der Waals surface area contributed by atoms with Crippen LogP contribution in [0.1, 0.15) is 6.92 Å². The third-order valence-corrected chi connectivity index (χ3v) is 1.64. The van der Waals surface area contributed by atoms with E-state index in [1.165, 1.54) is 18.2 Å². The lowest BCUT2D eigenvalue weighted by Gasteiger charge is -2.04. The maximum Gasteiger partial charge on any atom is 0.193 e. The molecule has 84 valence electrons. The Morgan fingerprint density at radius 2 is 2.31 bits per heavy atom. The van der Waals surface area contributed by atoms with Crippen LogP contribution >= 0.6 is 0 Å². The second-order valence-corrected chi connectivity index (χ2v) is 3.02. The van der Waals surface area contributed by atoms with Gasteiger partial charge in [0, 0.05) is 13.0 Å². The normalized spacial score (nSPS) is 12.4.